The fourth-order valence-corrected chi connectivity index (χ4v) is 2.63. The van der Waals surface area contributed by atoms with Gasteiger partial charge in [0.25, 0.3) is 5.91 Å². The van der Waals surface area contributed by atoms with Gasteiger partial charge in [0.1, 0.15) is 0 Å². The molecular formula is C13H18INOS. The van der Waals surface area contributed by atoms with Gasteiger partial charge >= 0.3 is 0 Å². The van der Waals surface area contributed by atoms with E-state index in [0.717, 1.165) is 21.3 Å². The molecule has 1 atom stereocenters. The molecule has 0 radical (unpaired) electrons. The zero-order chi connectivity index (χ0) is 12.8. The van der Waals surface area contributed by atoms with Crippen LogP contribution in [0.25, 0.3) is 0 Å². The molecule has 2 nitrogen and oxygen atoms in total. The first-order valence-electron chi connectivity index (χ1n) is 5.58. The number of hydrogen-bond acceptors (Lipinski definition) is 2. The smallest absolute Gasteiger partial charge is 0.253 e. The van der Waals surface area contributed by atoms with E-state index >= 15 is 0 Å². The summed E-state index contributed by atoms with van der Waals surface area (Å²) in [5, 5.41) is 0. The Bertz CT molecular complexity index is 383. The third-order valence-electron chi connectivity index (χ3n) is 2.79. The van der Waals surface area contributed by atoms with E-state index in [1.54, 1.807) is 0 Å². The van der Waals surface area contributed by atoms with Crippen molar-refractivity contribution in [3.63, 3.8) is 0 Å². The van der Waals surface area contributed by atoms with Crippen molar-refractivity contribution in [2.45, 2.75) is 19.4 Å². The lowest BCUT2D eigenvalue weighted by Gasteiger charge is -2.25. The number of hydrogen-bond donors (Lipinski definition) is 0. The van der Waals surface area contributed by atoms with Gasteiger partial charge in [-0.25, -0.2) is 0 Å². The molecule has 1 rings (SSSR count). The third kappa shape index (κ3) is 4.50. The highest BCUT2D eigenvalue weighted by atomic mass is 127. The highest BCUT2D eigenvalue weighted by Crippen LogP contribution is 2.13. The van der Waals surface area contributed by atoms with E-state index < -0.39 is 0 Å². The molecule has 4 heteroatoms. The largest absolute Gasteiger partial charge is 0.339 e. The summed E-state index contributed by atoms with van der Waals surface area (Å²) in [7, 11) is 1.88. The van der Waals surface area contributed by atoms with Crippen LogP contribution in [0.3, 0.4) is 0 Å². The highest BCUT2D eigenvalue weighted by Gasteiger charge is 2.16. The van der Waals surface area contributed by atoms with Gasteiger partial charge in [0.05, 0.1) is 0 Å². The van der Waals surface area contributed by atoms with Crippen molar-refractivity contribution in [2.75, 3.05) is 19.1 Å². The van der Waals surface area contributed by atoms with Crippen LogP contribution in [0.1, 0.15) is 23.7 Å². The average molecular weight is 363 g/mol. The predicted molar refractivity (Wildman–Crippen MR) is 83.7 cm³/mol. The minimum absolute atomic E-state index is 0.108. The molecule has 0 aliphatic carbocycles. The van der Waals surface area contributed by atoms with Gasteiger partial charge in [-0.05, 0) is 66.1 Å². The van der Waals surface area contributed by atoms with E-state index in [0.29, 0.717) is 0 Å². The van der Waals surface area contributed by atoms with Crippen molar-refractivity contribution < 1.29 is 4.79 Å². The van der Waals surface area contributed by atoms with Crippen molar-refractivity contribution in [1.82, 2.24) is 4.90 Å². The van der Waals surface area contributed by atoms with Crippen LogP contribution in [0.4, 0.5) is 0 Å². The van der Waals surface area contributed by atoms with Crippen LogP contribution in [-0.4, -0.2) is 35.9 Å². The zero-order valence-corrected chi connectivity index (χ0v) is 13.4. The van der Waals surface area contributed by atoms with Crippen molar-refractivity contribution in [3.8, 4) is 0 Å². The molecule has 0 aliphatic heterocycles. The number of amides is 1. The first kappa shape index (κ1) is 14.8. The molecule has 1 amide bonds. The fourth-order valence-electron chi connectivity index (χ4n) is 1.51. The summed E-state index contributed by atoms with van der Waals surface area (Å²) in [5.74, 6) is 1.20. The second kappa shape index (κ2) is 7.26. The van der Waals surface area contributed by atoms with Gasteiger partial charge in [0, 0.05) is 22.2 Å². The van der Waals surface area contributed by atoms with Crippen LogP contribution in [0.5, 0.6) is 0 Å². The molecule has 0 heterocycles. The van der Waals surface area contributed by atoms with E-state index in [9.17, 15) is 4.79 Å². The Morgan fingerprint density at radius 2 is 2.24 bits per heavy atom. The van der Waals surface area contributed by atoms with E-state index in [4.69, 9.17) is 0 Å². The second-order valence-corrected chi connectivity index (χ2v) is 6.29. The molecule has 0 saturated heterocycles. The van der Waals surface area contributed by atoms with Gasteiger partial charge in [-0.1, -0.05) is 6.07 Å². The lowest BCUT2D eigenvalue weighted by molar-refractivity contribution is 0.0741. The molecule has 94 valence electrons. The maximum absolute atomic E-state index is 12.2. The fraction of sp³-hybridized carbons (Fsp3) is 0.462. The predicted octanol–water partition coefficient (Wildman–Crippen LogP) is 3.50. The van der Waals surface area contributed by atoms with Crippen molar-refractivity contribution >= 4 is 40.3 Å². The number of carbonyl (C=O) groups excluding carboxylic acids is 1. The zero-order valence-electron chi connectivity index (χ0n) is 10.4. The second-order valence-electron chi connectivity index (χ2n) is 4.06. The minimum Gasteiger partial charge on any atom is -0.339 e. The first-order valence-corrected chi connectivity index (χ1v) is 8.05. The summed E-state index contributed by atoms with van der Waals surface area (Å²) in [5.41, 5.74) is 0.774. The summed E-state index contributed by atoms with van der Waals surface area (Å²) in [6.07, 6.45) is 3.13. The maximum Gasteiger partial charge on any atom is 0.253 e. The maximum atomic E-state index is 12.2. The Kier molecular flexibility index (Phi) is 6.33. The number of thioether (sulfide) groups is 1. The van der Waals surface area contributed by atoms with Crippen LogP contribution in [0.15, 0.2) is 24.3 Å². The Morgan fingerprint density at radius 1 is 1.53 bits per heavy atom. The normalized spacial score (nSPS) is 12.2. The van der Waals surface area contributed by atoms with E-state index in [2.05, 4.69) is 35.8 Å². The Labute approximate surface area is 121 Å². The van der Waals surface area contributed by atoms with Crippen molar-refractivity contribution in [3.05, 3.63) is 33.4 Å². The molecule has 0 aromatic heterocycles. The number of benzene rings is 1. The number of rotatable bonds is 5. The van der Waals surface area contributed by atoms with Gasteiger partial charge in [-0.3, -0.25) is 4.79 Å². The number of nitrogens with zero attached hydrogens (tertiary/aromatic N) is 1. The molecule has 1 aromatic rings. The van der Waals surface area contributed by atoms with Gasteiger partial charge in [-0.2, -0.15) is 11.8 Å². The molecular weight excluding hydrogens is 345 g/mol. The van der Waals surface area contributed by atoms with E-state index in [1.807, 2.05) is 48.0 Å². The topological polar surface area (TPSA) is 20.3 Å². The van der Waals surface area contributed by atoms with Crippen molar-refractivity contribution in [1.29, 1.82) is 0 Å². The minimum atomic E-state index is 0.108. The monoisotopic (exact) mass is 363 g/mol. The van der Waals surface area contributed by atoms with E-state index in [1.165, 1.54) is 0 Å². The van der Waals surface area contributed by atoms with Gasteiger partial charge in [0.2, 0.25) is 0 Å². The molecule has 0 bridgehead atoms. The number of halogens is 1. The summed E-state index contributed by atoms with van der Waals surface area (Å²) < 4.78 is 1.10. The van der Waals surface area contributed by atoms with Gasteiger partial charge < -0.3 is 4.90 Å². The molecule has 0 aliphatic rings. The molecule has 0 spiro atoms. The van der Waals surface area contributed by atoms with E-state index in [-0.39, 0.29) is 11.9 Å². The first-order chi connectivity index (χ1) is 8.06. The van der Waals surface area contributed by atoms with Gasteiger partial charge in [-0.15, -0.1) is 0 Å². The van der Waals surface area contributed by atoms with Crippen LogP contribution in [0, 0.1) is 3.57 Å². The summed E-state index contributed by atoms with van der Waals surface area (Å²) in [6.45, 7) is 2.10. The summed E-state index contributed by atoms with van der Waals surface area (Å²) in [4.78, 5) is 14.1. The Morgan fingerprint density at radius 3 is 2.82 bits per heavy atom. The molecule has 0 N–H and O–H groups in total. The molecule has 17 heavy (non-hydrogen) atoms. The standard InChI is InChI=1S/C13H18INOS/c1-10(7-8-17-3)15(2)13(16)11-5-4-6-12(14)9-11/h4-6,9-10H,7-8H2,1-3H3. The molecule has 1 aromatic carbocycles. The lowest BCUT2D eigenvalue weighted by atomic mass is 10.1. The lowest BCUT2D eigenvalue weighted by Crippen LogP contribution is -2.35. The Hall–Kier alpha value is -0.230. The average Bonchev–Trinajstić information content (AvgIpc) is 2.34. The van der Waals surface area contributed by atoms with Crippen molar-refractivity contribution in [2.24, 2.45) is 0 Å². The third-order valence-corrected chi connectivity index (χ3v) is 4.11. The molecule has 0 fully saturated rings. The van der Waals surface area contributed by atoms with Crippen LogP contribution < -0.4 is 0 Å². The quantitative estimate of drug-likeness (QED) is 0.747. The van der Waals surface area contributed by atoms with Crippen LogP contribution in [0.2, 0.25) is 0 Å². The Balaban J connectivity index is 2.69. The van der Waals surface area contributed by atoms with Crippen LogP contribution in [-0.2, 0) is 0 Å². The van der Waals surface area contributed by atoms with Gasteiger partial charge in [0.15, 0.2) is 0 Å². The SMILES string of the molecule is CSCCC(C)N(C)C(=O)c1cccc(I)c1. The highest BCUT2D eigenvalue weighted by molar-refractivity contribution is 14.1. The summed E-state index contributed by atoms with van der Waals surface area (Å²) in [6, 6.07) is 8.01. The molecule has 1 unspecified atom stereocenters. The summed E-state index contributed by atoms with van der Waals surface area (Å²) >= 11 is 4.05. The van der Waals surface area contributed by atoms with Crippen LogP contribution >= 0.6 is 34.4 Å². The molecule has 0 saturated carbocycles. The number of carbonyl (C=O) groups is 1.